The van der Waals surface area contributed by atoms with Crippen molar-refractivity contribution in [3.8, 4) is 11.5 Å². The van der Waals surface area contributed by atoms with E-state index < -0.39 is 0 Å². The van der Waals surface area contributed by atoms with Crippen molar-refractivity contribution in [2.24, 2.45) is 0 Å². The third kappa shape index (κ3) is 5.86. The van der Waals surface area contributed by atoms with Gasteiger partial charge in [-0.3, -0.25) is 4.79 Å². The molecule has 3 rings (SSSR count). The number of hydrogen-bond acceptors (Lipinski definition) is 3. The van der Waals surface area contributed by atoms with Crippen molar-refractivity contribution in [2.45, 2.75) is 52.6 Å². The molecule has 0 spiro atoms. The Kier molecular flexibility index (Phi) is 7.34. The van der Waals surface area contributed by atoms with Gasteiger partial charge in [0.2, 0.25) is 0 Å². The zero-order valence-electron chi connectivity index (χ0n) is 17.7. The highest BCUT2D eigenvalue weighted by molar-refractivity contribution is 5.94. The molecule has 1 amide bonds. The van der Waals surface area contributed by atoms with Crippen LogP contribution >= 0.6 is 0 Å². The summed E-state index contributed by atoms with van der Waals surface area (Å²) in [4.78, 5) is 12.6. The van der Waals surface area contributed by atoms with Crippen LogP contribution in [0.25, 0.3) is 0 Å². The molecule has 154 valence electrons. The lowest BCUT2D eigenvalue weighted by Crippen LogP contribution is -2.25. The number of ether oxygens (including phenoxy) is 2. The van der Waals surface area contributed by atoms with Crippen LogP contribution in [0, 0.1) is 13.8 Å². The van der Waals surface area contributed by atoms with Crippen molar-refractivity contribution in [3.63, 3.8) is 0 Å². The predicted molar refractivity (Wildman–Crippen MR) is 117 cm³/mol. The minimum atomic E-state index is -0.0588. The number of carbonyl (C=O) groups is 1. The average Bonchev–Trinajstić information content (AvgIpc) is 2.75. The van der Waals surface area contributed by atoms with Crippen molar-refractivity contribution >= 4 is 5.91 Å². The van der Waals surface area contributed by atoms with E-state index >= 15 is 0 Å². The molecule has 1 aliphatic rings. The van der Waals surface area contributed by atoms with E-state index in [0.717, 1.165) is 23.5 Å². The van der Waals surface area contributed by atoms with Crippen molar-refractivity contribution in [2.75, 3.05) is 13.7 Å². The third-order valence-corrected chi connectivity index (χ3v) is 5.53. The Hall–Kier alpha value is -2.75. The first kappa shape index (κ1) is 21.0. The van der Waals surface area contributed by atoms with Gasteiger partial charge in [-0.1, -0.05) is 17.7 Å². The monoisotopic (exact) mass is 393 g/mol. The molecule has 29 heavy (non-hydrogen) atoms. The molecule has 0 radical (unpaired) electrons. The summed E-state index contributed by atoms with van der Waals surface area (Å²) >= 11 is 0. The number of aryl methyl sites for hydroxylation is 2. The highest BCUT2D eigenvalue weighted by atomic mass is 16.5. The minimum absolute atomic E-state index is 0.0588. The van der Waals surface area contributed by atoms with Crippen LogP contribution in [0.15, 0.2) is 48.0 Å². The van der Waals surface area contributed by atoms with Gasteiger partial charge in [-0.05, 0) is 87.4 Å². The van der Waals surface area contributed by atoms with Crippen LogP contribution in [0.2, 0.25) is 0 Å². The number of carbonyl (C=O) groups excluding carboxylic acids is 1. The van der Waals surface area contributed by atoms with E-state index in [-0.39, 0.29) is 5.91 Å². The molecule has 2 aromatic carbocycles. The first-order valence-corrected chi connectivity index (χ1v) is 10.4. The van der Waals surface area contributed by atoms with Gasteiger partial charge >= 0.3 is 0 Å². The number of amides is 1. The molecule has 1 N–H and O–H groups in total. The molecular weight excluding hydrogens is 362 g/mol. The van der Waals surface area contributed by atoms with Crippen molar-refractivity contribution in [3.05, 3.63) is 70.3 Å². The van der Waals surface area contributed by atoms with Gasteiger partial charge in [0, 0.05) is 17.7 Å². The van der Waals surface area contributed by atoms with E-state index in [9.17, 15) is 4.79 Å². The molecule has 1 aliphatic carbocycles. The van der Waals surface area contributed by atoms with E-state index in [2.05, 4.69) is 25.2 Å². The van der Waals surface area contributed by atoms with E-state index in [1.54, 1.807) is 13.2 Å². The lowest BCUT2D eigenvalue weighted by Gasteiger charge is -2.14. The summed E-state index contributed by atoms with van der Waals surface area (Å²) in [5.74, 6) is 1.47. The van der Waals surface area contributed by atoms with Gasteiger partial charge in [0.1, 0.15) is 18.1 Å². The highest BCUT2D eigenvalue weighted by Gasteiger charge is 2.12. The Morgan fingerprint density at radius 3 is 2.66 bits per heavy atom. The second kappa shape index (κ2) is 10.1. The molecule has 0 aromatic heterocycles. The Labute approximate surface area is 173 Å². The van der Waals surface area contributed by atoms with Gasteiger partial charge < -0.3 is 14.8 Å². The number of allylic oxidation sites excluding steroid dienone is 1. The number of rotatable bonds is 8. The van der Waals surface area contributed by atoms with Crippen LogP contribution < -0.4 is 14.8 Å². The largest absolute Gasteiger partial charge is 0.496 e. The zero-order chi connectivity index (χ0) is 20.6. The Morgan fingerprint density at radius 1 is 1.07 bits per heavy atom. The average molecular weight is 394 g/mol. The first-order chi connectivity index (χ1) is 14.1. The van der Waals surface area contributed by atoms with E-state index in [0.29, 0.717) is 18.7 Å². The predicted octanol–water partition coefficient (Wildman–Crippen LogP) is 5.51. The van der Waals surface area contributed by atoms with Gasteiger partial charge in [0.15, 0.2) is 0 Å². The molecule has 0 atom stereocenters. The Morgan fingerprint density at radius 2 is 1.93 bits per heavy atom. The molecule has 4 nitrogen and oxygen atoms in total. The number of methoxy groups -OCH3 is 1. The summed E-state index contributed by atoms with van der Waals surface area (Å²) in [7, 11) is 1.63. The van der Waals surface area contributed by atoms with Crippen LogP contribution in [0.4, 0.5) is 0 Å². The second-order valence-electron chi connectivity index (χ2n) is 7.68. The lowest BCUT2D eigenvalue weighted by molar-refractivity contribution is 0.0954. The molecule has 0 saturated carbocycles. The fraction of sp³-hybridized carbons (Fsp3) is 0.400. The summed E-state index contributed by atoms with van der Waals surface area (Å²) < 4.78 is 11.4. The quantitative estimate of drug-likeness (QED) is 0.602. The second-order valence-corrected chi connectivity index (χ2v) is 7.68. The molecule has 0 bridgehead atoms. The topological polar surface area (TPSA) is 47.6 Å². The maximum absolute atomic E-state index is 12.6. The Bertz CT molecular complexity index is 886. The van der Waals surface area contributed by atoms with E-state index in [1.807, 2.05) is 30.3 Å². The number of hydrogen-bond donors (Lipinski definition) is 1. The summed E-state index contributed by atoms with van der Waals surface area (Å²) in [5.41, 5.74) is 5.37. The van der Waals surface area contributed by atoms with Gasteiger partial charge in [-0.25, -0.2) is 0 Å². The molecule has 0 heterocycles. The molecule has 0 aliphatic heterocycles. The van der Waals surface area contributed by atoms with Gasteiger partial charge in [0.05, 0.1) is 7.11 Å². The normalized spacial score (nSPS) is 13.6. The van der Waals surface area contributed by atoms with Gasteiger partial charge in [-0.2, -0.15) is 0 Å². The fourth-order valence-corrected chi connectivity index (χ4v) is 3.57. The smallest absolute Gasteiger partial charge is 0.251 e. The van der Waals surface area contributed by atoms with Gasteiger partial charge in [-0.15, -0.1) is 0 Å². The van der Waals surface area contributed by atoms with Crippen molar-refractivity contribution in [1.82, 2.24) is 5.32 Å². The molecular formula is C25H31NO3. The highest BCUT2D eigenvalue weighted by Crippen LogP contribution is 2.24. The van der Waals surface area contributed by atoms with E-state index in [1.165, 1.54) is 42.4 Å². The van der Waals surface area contributed by atoms with Crippen molar-refractivity contribution in [1.29, 1.82) is 0 Å². The summed E-state index contributed by atoms with van der Waals surface area (Å²) in [6.07, 6.45) is 8.15. The third-order valence-electron chi connectivity index (χ3n) is 5.53. The van der Waals surface area contributed by atoms with Crippen LogP contribution in [0.1, 0.15) is 59.2 Å². The van der Waals surface area contributed by atoms with Gasteiger partial charge in [0.25, 0.3) is 5.91 Å². The first-order valence-electron chi connectivity index (χ1n) is 10.4. The lowest BCUT2D eigenvalue weighted by atomic mass is 9.97. The van der Waals surface area contributed by atoms with E-state index in [4.69, 9.17) is 9.47 Å². The molecule has 2 aromatic rings. The fourth-order valence-electron chi connectivity index (χ4n) is 3.57. The summed E-state index contributed by atoms with van der Waals surface area (Å²) in [6.45, 7) is 5.16. The van der Waals surface area contributed by atoms with Crippen LogP contribution in [0.5, 0.6) is 11.5 Å². The van der Waals surface area contributed by atoms with Crippen LogP contribution in [0.3, 0.4) is 0 Å². The standard InChI is InChI=1S/C25H31NO3/c1-18-9-11-23(15-19(18)2)29-17-22-16-21(10-12-24(22)28-3)25(27)26-14-13-20-7-5-4-6-8-20/h7,9-12,15-16H,4-6,8,13-14,17H2,1-3H3,(H,26,27). The Balaban J connectivity index is 1.61. The molecule has 0 fully saturated rings. The maximum atomic E-state index is 12.6. The maximum Gasteiger partial charge on any atom is 0.251 e. The summed E-state index contributed by atoms with van der Waals surface area (Å²) in [6, 6.07) is 11.5. The SMILES string of the molecule is COc1ccc(C(=O)NCCC2=CCCCC2)cc1COc1ccc(C)c(C)c1. The zero-order valence-corrected chi connectivity index (χ0v) is 17.7. The molecule has 0 saturated heterocycles. The van der Waals surface area contributed by atoms with Crippen LogP contribution in [-0.4, -0.2) is 19.6 Å². The molecule has 4 heteroatoms. The van der Waals surface area contributed by atoms with Crippen molar-refractivity contribution < 1.29 is 14.3 Å². The summed E-state index contributed by atoms with van der Waals surface area (Å²) in [5, 5.41) is 3.04. The minimum Gasteiger partial charge on any atom is -0.496 e. The molecule has 0 unspecified atom stereocenters. The van der Waals surface area contributed by atoms with Crippen LogP contribution in [-0.2, 0) is 6.61 Å². The number of nitrogens with one attached hydrogen (secondary N) is 1. The number of benzene rings is 2.